The van der Waals surface area contributed by atoms with Gasteiger partial charge in [0, 0.05) is 0 Å². The van der Waals surface area contributed by atoms with Crippen molar-refractivity contribution in [2.75, 3.05) is 0 Å². The van der Waals surface area contributed by atoms with E-state index < -0.39 is 15.9 Å². The van der Waals surface area contributed by atoms with Gasteiger partial charge in [0.1, 0.15) is 0 Å². The third kappa shape index (κ3) is 3.30. The van der Waals surface area contributed by atoms with Gasteiger partial charge in [-0.2, -0.15) is 0 Å². The smallest absolute Gasteiger partial charge is 0.748 e. The SMILES string of the molecule is O=S(=O)([O-])Cc1cccc2ccccc12.[Na+]. The van der Waals surface area contributed by atoms with Crippen molar-refractivity contribution in [2.24, 2.45) is 0 Å². The van der Waals surface area contributed by atoms with Gasteiger partial charge in [0.15, 0.2) is 0 Å². The molecule has 0 atom stereocenters. The number of hydrogen-bond acceptors (Lipinski definition) is 3. The summed E-state index contributed by atoms with van der Waals surface area (Å²) in [6, 6.07) is 12.7. The first-order valence-corrected chi connectivity index (χ1v) is 6.04. The Kier molecular flexibility index (Phi) is 4.52. The second kappa shape index (κ2) is 5.29. The van der Waals surface area contributed by atoms with Crippen LogP contribution in [-0.2, 0) is 15.9 Å². The summed E-state index contributed by atoms with van der Waals surface area (Å²) in [5.74, 6) is -0.450. The van der Waals surface area contributed by atoms with Gasteiger partial charge in [-0.05, 0) is 16.3 Å². The van der Waals surface area contributed by atoms with E-state index in [-0.39, 0.29) is 29.6 Å². The van der Waals surface area contributed by atoms with Crippen LogP contribution in [0.15, 0.2) is 42.5 Å². The molecule has 0 saturated carbocycles. The van der Waals surface area contributed by atoms with Gasteiger partial charge in [0.2, 0.25) is 0 Å². The molecule has 0 heterocycles. The fraction of sp³-hybridized carbons (Fsp3) is 0.0909. The summed E-state index contributed by atoms with van der Waals surface area (Å²) in [6.45, 7) is 0. The zero-order valence-corrected chi connectivity index (χ0v) is 11.7. The molecule has 0 unspecified atom stereocenters. The molecule has 0 saturated heterocycles. The van der Waals surface area contributed by atoms with Crippen molar-refractivity contribution in [3.8, 4) is 0 Å². The van der Waals surface area contributed by atoms with Crippen LogP contribution in [0, 0.1) is 0 Å². The third-order valence-corrected chi connectivity index (χ3v) is 2.88. The fourth-order valence-electron chi connectivity index (χ4n) is 1.61. The predicted octanol–water partition coefficient (Wildman–Crippen LogP) is -1.11. The molecule has 0 N–H and O–H groups in total. The Morgan fingerprint density at radius 3 is 2.31 bits per heavy atom. The second-order valence-electron chi connectivity index (χ2n) is 3.34. The van der Waals surface area contributed by atoms with Gasteiger partial charge in [-0.15, -0.1) is 0 Å². The van der Waals surface area contributed by atoms with Gasteiger partial charge in [-0.3, -0.25) is 0 Å². The van der Waals surface area contributed by atoms with Crippen LogP contribution in [0.25, 0.3) is 10.8 Å². The van der Waals surface area contributed by atoms with Crippen LogP contribution in [0.2, 0.25) is 0 Å². The molecule has 0 aliphatic heterocycles. The van der Waals surface area contributed by atoms with Gasteiger partial charge in [0.25, 0.3) is 0 Å². The minimum Gasteiger partial charge on any atom is -0.748 e. The van der Waals surface area contributed by atoms with Crippen LogP contribution in [0.3, 0.4) is 0 Å². The topological polar surface area (TPSA) is 57.2 Å². The average molecular weight is 244 g/mol. The van der Waals surface area contributed by atoms with Gasteiger partial charge >= 0.3 is 29.6 Å². The first kappa shape index (κ1) is 13.7. The number of fused-ring (bicyclic) bond motifs is 1. The number of rotatable bonds is 2. The van der Waals surface area contributed by atoms with Crippen LogP contribution in [0.5, 0.6) is 0 Å². The van der Waals surface area contributed by atoms with Crippen molar-refractivity contribution >= 4 is 20.9 Å². The van der Waals surface area contributed by atoms with Gasteiger partial charge in [-0.25, -0.2) is 8.42 Å². The quantitative estimate of drug-likeness (QED) is 0.497. The van der Waals surface area contributed by atoms with E-state index in [0.717, 1.165) is 10.8 Å². The molecule has 0 bridgehead atoms. The molecule has 3 nitrogen and oxygen atoms in total. The van der Waals surface area contributed by atoms with Gasteiger partial charge in [-0.1, -0.05) is 42.5 Å². The summed E-state index contributed by atoms with van der Waals surface area (Å²) in [7, 11) is -4.22. The summed E-state index contributed by atoms with van der Waals surface area (Å²) < 4.78 is 32.1. The van der Waals surface area contributed by atoms with E-state index in [0.29, 0.717) is 5.56 Å². The monoisotopic (exact) mass is 244 g/mol. The second-order valence-corrected chi connectivity index (χ2v) is 4.74. The first-order valence-electron chi connectivity index (χ1n) is 4.46. The van der Waals surface area contributed by atoms with E-state index in [1.807, 2.05) is 30.3 Å². The Morgan fingerprint density at radius 2 is 1.62 bits per heavy atom. The molecular weight excluding hydrogens is 235 g/mol. The maximum absolute atomic E-state index is 10.7. The van der Waals surface area contributed by atoms with Crippen molar-refractivity contribution in [3.63, 3.8) is 0 Å². The van der Waals surface area contributed by atoms with Gasteiger partial charge in [0.05, 0.1) is 15.9 Å². The molecule has 2 aromatic carbocycles. The summed E-state index contributed by atoms with van der Waals surface area (Å²) >= 11 is 0. The summed E-state index contributed by atoms with van der Waals surface area (Å²) in [4.78, 5) is 0. The number of benzene rings is 2. The van der Waals surface area contributed by atoms with Crippen LogP contribution < -0.4 is 29.6 Å². The van der Waals surface area contributed by atoms with Crippen molar-refractivity contribution in [1.82, 2.24) is 0 Å². The Morgan fingerprint density at radius 1 is 1.00 bits per heavy atom. The maximum Gasteiger partial charge on any atom is 1.00 e. The molecule has 0 amide bonds. The molecule has 0 aromatic heterocycles. The van der Waals surface area contributed by atoms with Crippen LogP contribution in [0.4, 0.5) is 0 Å². The molecular formula is C11H9NaO3S. The normalized spacial score (nSPS) is 11.1. The molecule has 5 heteroatoms. The molecule has 16 heavy (non-hydrogen) atoms. The fourth-order valence-corrected chi connectivity index (χ4v) is 2.24. The standard InChI is InChI=1S/C11H10O3S.Na/c12-15(13,14)8-10-6-3-5-9-4-1-2-7-11(9)10;/h1-7H,8H2,(H,12,13,14);/q;+1/p-1. The summed E-state index contributed by atoms with van der Waals surface area (Å²) in [5.41, 5.74) is 0.558. The Balaban J connectivity index is 0.00000128. The molecule has 78 valence electrons. The van der Waals surface area contributed by atoms with E-state index in [1.54, 1.807) is 12.1 Å². The first-order chi connectivity index (χ1) is 7.06. The largest absolute Gasteiger partial charge is 1.00 e. The van der Waals surface area contributed by atoms with E-state index in [9.17, 15) is 13.0 Å². The molecule has 0 aliphatic carbocycles. The minimum absolute atomic E-state index is 0. The van der Waals surface area contributed by atoms with Crippen molar-refractivity contribution in [1.29, 1.82) is 0 Å². The maximum atomic E-state index is 10.7. The van der Waals surface area contributed by atoms with E-state index >= 15 is 0 Å². The average Bonchev–Trinajstić information content (AvgIpc) is 2.16. The Labute approximate surface area is 117 Å². The molecule has 0 spiro atoms. The molecule has 2 rings (SSSR count). The van der Waals surface area contributed by atoms with Crippen molar-refractivity contribution in [2.45, 2.75) is 5.75 Å². The predicted molar refractivity (Wildman–Crippen MR) is 57.3 cm³/mol. The minimum atomic E-state index is -4.22. The molecule has 0 aliphatic rings. The van der Waals surface area contributed by atoms with E-state index in [4.69, 9.17) is 0 Å². The van der Waals surface area contributed by atoms with Crippen LogP contribution in [0.1, 0.15) is 5.56 Å². The molecule has 2 aromatic rings. The van der Waals surface area contributed by atoms with Crippen molar-refractivity contribution < 1.29 is 42.5 Å². The Bertz CT molecular complexity index is 588. The Hall–Kier alpha value is -0.390. The van der Waals surface area contributed by atoms with Crippen molar-refractivity contribution in [3.05, 3.63) is 48.0 Å². The van der Waals surface area contributed by atoms with Crippen LogP contribution >= 0.6 is 0 Å². The zero-order chi connectivity index (χ0) is 10.9. The zero-order valence-electron chi connectivity index (χ0n) is 8.88. The molecule has 0 radical (unpaired) electrons. The number of hydrogen-bond donors (Lipinski definition) is 0. The van der Waals surface area contributed by atoms with Crippen LogP contribution in [-0.4, -0.2) is 13.0 Å². The van der Waals surface area contributed by atoms with Gasteiger partial charge < -0.3 is 4.55 Å². The molecule has 0 fully saturated rings. The van der Waals surface area contributed by atoms with E-state index in [1.165, 1.54) is 0 Å². The van der Waals surface area contributed by atoms with E-state index in [2.05, 4.69) is 0 Å². The summed E-state index contributed by atoms with van der Waals surface area (Å²) in [5, 5.41) is 1.76. The third-order valence-electron chi connectivity index (χ3n) is 2.21. The summed E-state index contributed by atoms with van der Waals surface area (Å²) in [6.07, 6.45) is 0.